The van der Waals surface area contributed by atoms with Gasteiger partial charge in [0, 0.05) is 35.4 Å². The van der Waals surface area contributed by atoms with Crippen LogP contribution in [0.2, 0.25) is 0 Å². The number of nitrogens with two attached hydrogens (primary N) is 1. The van der Waals surface area contributed by atoms with Gasteiger partial charge in [0.2, 0.25) is 5.91 Å². The summed E-state index contributed by atoms with van der Waals surface area (Å²) in [4.78, 5) is 32.4. The Bertz CT molecular complexity index is 1890. The van der Waals surface area contributed by atoms with Gasteiger partial charge in [-0.05, 0) is 53.8 Å². The standard InChI is InChI=1S/C32H33FN4O7S/c1-4-45(41,42)27-8-6-5-7-21(27)29-22(32(39)40)12-14-37(29)31(38)28(23-16-25(43-2)26(44-3)17-24(23)33)36-19-9-10-20-18(15-19)11-13-35-30(20)34/h5-11,13,15-17,22,28-29,36H,4,12,14H2,1-3H3,(H2,34,35)(H,39,40)/t22-,28?,29-/m0/s1. The number of carboxylic acid groups (broad SMARTS) is 1. The number of sulfone groups is 1. The summed E-state index contributed by atoms with van der Waals surface area (Å²) in [6.45, 7) is 1.49. The largest absolute Gasteiger partial charge is 0.493 e. The first kappa shape index (κ1) is 31.5. The zero-order chi connectivity index (χ0) is 32.5. The van der Waals surface area contributed by atoms with Gasteiger partial charge in [0.1, 0.15) is 17.7 Å². The number of aromatic nitrogens is 1. The van der Waals surface area contributed by atoms with E-state index in [1.165, 1.54) is 44.2 Å². The molecule has 2 heterocycles. The summed E-state index contributed by atoms with van der Waals surface area (Å²) in [5.74, 6) is -3.33. The topological polar surface area (TPSA) is 161 Å². The summed E-state index contributed by atoms with van der Waals surface area (Å²) in [5.41, 5.74) is 6.56. The minimum Gasteiger partial charge on any atom is -0.493 e. The summed E-state index contributed by atoms with van der Waals surface area (Å²) in [5, 5.41) is 14.7. The molecule has 0 saturated carbocycles. The number of pyridine rings is 1. The minimum absolute atomic E-state index is 0.00597. The Labute approximate surface area is 259 Å². The Hall–Kier alpha value is -4.91. The summed E-state index contributed by atoms with van der Waals surface area (Å²) in [6.07, 6.45) is 1.61. The van der Waals surface area contributed by atoms with Gasteiger partial charge in [-0.3, -0.25) is 9.59 Å². The highest BCUT2D eigenvalue weighted by Gasteiger charge is 2.46. The van der Waals surface area contributed by atoms with Crippen molar-refractivity contribution in [3.05, 3.63) is 83.8 Å². The number of aliphatic carboxylic acids is 1. The number of nitrogens with zero attached hydrogens (tertiary/aromatic N) is 2. The van der Waals surface area contributed by atoms with Gasteiger partial charge >= 0.3 is 5.97 Å². The number of ether oxygens (including phenoxy) is 2. The van der Waals surface area contributed by atoms with Crippen molar-refractivity contribution >= 4 is 44.0 Å². The van der Waals surface area contributed by atoms with Crippen LogP contribution in [0.15, 0.2) is 71.8 Å². The van der Waals surface area contributed by atoms with Gasteiger partial charge in [-0.1, -0.05) is 25.1 Å². The molecule has 1 aliphatic heterocycles. The lowest BCUT2D eigenvalue weighted by atomic mass is 9.93. The second-order valence-corrected chi connectivity index (χ2v) is 12.8. The lowest BCUT2D eigenvalue weighted by molar-refractivity contribution is -0.143. The van der Waals surface area contributed by atoms with E-state index in [1.54, 1.807) is 42.6 Å². The van der Waals surface area contributed by atoms with Crippen molar-refractivity contribution in [3.8, 4) is 11.5 Å². The number of hydrogen-bond acceptors (Lipinski definition) is 9. The Morgan fingerprint density at radius 2 is 1.82 bits per heavy atom. The molecule has 1 aliphatic rings. The number of nitrogens with one attached hydrogen (secondary N) is 1. The van der Waals surface area contributed by atoms with Gasteiger partial charge in [0.15, 0.2) is 21.3 Å². The summed E-state index contributed by atoms with van der Waals surface area (Å²) < 4.78 is 52.6. The fourth-order valence-electron chi connectivity index (χ4n) is 5.83. The average Bonchev–Trinajstić information content (AvgIpc) is 3.49. The average molecular weight is 637 g/mol. The number of anilines is 2. The van der Waals surface area contributed by atoms with Crippen LogP contribution in [-0.2, 0) is 19.4 Å². The first-order chi connectivity index (χ1) is 21.5. The molecule has 13 heteroatoms. The van der Waals surface area contributed by atoms with Gasteiger partial charge in [0.25, 0.3) is 0 Å². The van der Waals surface area contributed by atoms with Crippen molar-refractivity contribution in [1.29, 1.82) is 0 Å². The number of carboxylic acids is 1. The van der Waals surface area contributed by atoms with Crippen LogP contribution in [-0.4, -0.2) is 61.8 Å². The number of methoxy groups -OCH3 is 2. The van der Waals surface area contributed by atoms with E-state index in [9.17, 15) is 23.1 Å². The van der Waals surface area contributed by atoms with Crippen molar-refractivity contribution < 1.29 is 37.0 Å². The maximum atomic E-state index is 15.8. The summed E-state index contributed by atoms with van der Waals surface area (Å²) in [6, 6.07) is 12.9. The molecule has 1 saturated heterocycles. The molecule has 236 valence electrons. The Balaban J connectivity index is 1.66. The van der Waals surface area contributed by atoms with Crippen LogP contribution in [0.4, 0.5) is 15.9 Å². The van der Waals surface area contributed by atoms with Crippen LogP contribution in [0, 0.1) is 11.7 Å². The monoisotopic (exact) mass is 636 g/mol. The Kier molecular flexibility index (Phi) is 8.82. The molecule has 0 bridgehead atoms. The van der Waals surface area contributed by atoms with Crippen molar-refractivity contribution in [3.63, 3.8) is 0 Å². The van der Waals surface area contributed by atoms with Crippen LogP contribution in [0.5, 0.6) is 11.5 Å². The van der Waals surface area contributed by atoms with Crippen LogP contribution >= 0.6 is 0 Å². The highest BCUT2D eigenvalue weighted by molar-refractivity contribution is 7.91. The molecule has 5 rings (SSSR count). The fourth-order valence-corrected chi connectivity index (χ4v) is 6.98. The normalized spacial score (nSPS) is 17.2. The number of halogens is 1. The molecule has 45 heavy (non-hydrogen) atoms. The number of amides is 1. The third-order valence-electron chi connectivity index (χ3n) is 8.12. The highest BCUT2D eigenvalue weighted by atomic mass is 32.2. The van der Waals surface area contributed by atoms with Crippen molar-refractivity contribution in [1.82, 2.24) is 9.88 Å². The van der Waals surface area contributed by atoms with Crippen molar-refractivity contribution in [2.75, 3.05) is 37.6 Å². The molecule has 4 N–H and O–H groups in total. The van der Waals surface area contributed by atoms with E-state index in [2.05, 4.69) is 10.3 Å². The third kappa shape index (κ3) is 5.95. The molecule has 1 unspecified atom stereocenters. The molecular weight excluding hydrogens is 603 g/mol. The van der Waals surface area contributed by atoms with E-state index in [-0.39, 0.29) is 46.2 Å². The number of hydrogen-bond donors (Lipinski definition) is 3. The molecule has 1 aromatic heterocycles. The lowest BCUT2D eigenvalue weighted by Gasteiger charge is -2.32. The Morgan fingerprint density at radius 3 is 2.51 bits per heavy atom. The molecule has 3 aromatic carbocycles. The van der Waals surface area contributed by atoms with Gasteiger partial charge < -0.3 is 30.5 Å². The van der Waals surface area contributed by atoms with Gasteiger partial charge in [-0.2, -0.15) is 0 Å². The van der Waals surface area contributed by atoms with Gasteiger partial charge in [-0.25, -0.2) is 17.8 Å². The van der Waals surface area contributed by atoms with Crippen LogP contribution in [0.1, 0.15) is 36.6 Å². The molecule has 11 nitrogen and oxygen atoms in total. The van der Waals surface area contributed by atoms with Crippen LogP contribution < -0.4 is 20.5 Å². The first-order valence-corrected chi connectivity index (χ1v) is 15.8. The second-order valence-electron chi connectivity index (χ2n) is 10.6. The second kappa shape index (κ2) is 12.6. The molecule has 0 spiro atoms. The smallest absolute Gasteiger partial charge is 0.309 e. The van der Waals surface area contributed by atoms with E-state index in [1.807, 2.05) is 0 Å². The molecule has 4 aromatic rings. The van der Waals surface area contributed by atoms with Crippen molar-refractivity contribution in [2.45, 2.75) is 30.3 Å². The number of carbonyl (C=O) groups is 2. The quantitative estimate of drug-likeness (QED) is 0.224. The van der Waals surface area contributed by atoms with Gasteiger partial charge in [0.05, 0.1) is 36.8 Å². The van der Waals surface area contributed by atoms with Crippen LogP contribution in [0.25, 0.3) is 10.8 Å². The van der Waals surface area contributed by atoms with E-state index in [4.69, 9.17) is 15.2 Å². The molecule has 1 amide bonds. The molecule has 0 aliphatic carbocycles. The zero-order valence-electron chi connectivity index (χ0n) is 24.9. The summed E-state index contributed by atoms with van der Waals surface area (Å²) in [7, 11) is -1.05. The molecule has 1 fully saturated rings. The highest BCUT2D eigenvalue weighted by Crippen LogP contribution is 2.43. The van der Waals surface area contributed by atoms with E-state index in [0.717, 1.165) is 11.5 Å². The van der Waals surface area contributed by atoms with Crippen molar-refractivity contribution in [2.24, 2.45) is 5.92 Å². The number of nitrogen functional groups attached to an aromatic ring is 1. The van der Waals surface area contributed by atoms with E-state index < -0.39 is 45.5 Å². The third-order valence-corrected chi connectivity index (χ3v) is 9.92. The SMILES string of the molecule is CCS(=O)(=O)c1ccccc1[C@H]1[C@@H](C(=O)O)CCN1C(=O)C(Nc1ccc2c(N)nccc2c1)c1cc(OC)c(OC)cc1F. The minimum atomic E-state index is -3.79. The molecule has 0 radical (unpaired) electrons. The molecular formula is C32H33FN4O7S. The number of rotatable bonds is 10. The van der Waals surface area contributed by atoms with Crippen LogP contribution in [0.3, 0.4) is 0 Å². The molecule has 3 atom stereocenters. The van der Waals surface area contributed by atoms with Gasteiger partial charge in [-0.15, -0.1) is 0 Å². The number of carbonyl (C=O) groups excluding carboxylic acids is 1. The predicted octanol–water partition coefficient (Wildman–Crippen LogP) is 4.59. The Morgan fingerprint density at radius 1 is 1.11 bits per heavy atom. The number of likely N-dealkylation sites (tertiary alicyclic amines) is 1. The summed E-state index contributed by atoms with van der Waals surface area (Å²) >= 11 is 0. The zero-order valence-corrected chi connectivity index (χ0v) is 25.7. The predicted molar refractivity (Wildman–Crippen MR) is 166 cm³/mol. The lowest BCUT2D eigenvalue weighted by Crippen LogP contribution is -2.40. The van der Waals surface area contributed by atoms with E-state index in [0.29, 0.717) is 16.9 Å². The number of benzene rings is 3. The first-order valence-electron chi connectivity index (χ1n) is 14.2. The maximum Gasteiger partial charge on any atom is 0.309 e. The number of fused-ring (bicyclic) bond motifs is 1. The van der Waals surface area contributed by atoms with E-state index >= 15 is 4.39 Å². The fraction of sp³-hybridized carbons (Fsp3) is 0.281. The maximum absolute atomic E-state index is 15.8.